The number of hydrogen-bond acceptors (Lipinski definition) is 3. The van der Waals surface area contributed by atoms with Crippen molar-refractivity contribution in [1.29, 1.82) is 0 Å². The monoisotopic (exact) mass is 418 g/mol. The Kier molecular flexibility index (Phi) is 10.3. The number of aromatic nitrogens is 1. The van der Waals surface area contributed by atoms with Crippen LogP contribution < -0.4 is 5.32 Å². The van der Waals surface area contributed by atoms with E-state index < -0.39 is 5.41 Å². The number of carbonyl (C=O) groups is 2. The molecule has 0 unspecified atom stereocenters. The van der Waals surface area contributed by atoms with Gasteiger partial charge >= 0.3 is 0 Å². The lowest BCUT2D eigenvalue weighted by atomic mass is 9.94. The van der Waals surface area contributed by atoms with Gasteiger partial charge < -0.3 is 5.32 Å². The molecule has 3 aromatic rings. The Labute approximate surface area is 186 Å². The highest BCUT2D eigenvalue weighted by Gasteiger charge is 2.26. The van der Waals surface area contributed by atoms with Gasteiger partial charge in [0.15, 0.2) is 5.78 Å². The number of rotatable bonds is 4. The zero-order chi connectivity index (χ0) is 23.4. The van der Waals surface area contributed by atoms with Crippen LogP contribution in [0.15, 0.2) is 72.9 Å². The number of hydrogen-bond donors (Lipinski definition) is 1. The number of ketones is 1. The Morgan fingerprint density at radius 1 is 0.774 bits per heavy atom. The summed E-state index contributed by atoms with van der Waals surface area (Å²) in [6.45, 7) is 13.5. The molecule has 0 spiro atoms. The third-order valence-corrected chi connectivity index (χ3v) is 4.20. The predicted octanol–water partition coefficient (Wildman–Crippen LogP) is 7.02. The molecule has 164 valence electrons. The van der Waals surface area contributed by atoms with Crippen molar-refractivity contribution in [3.8, 4) is 11.3 Å². The van der Waals surface area contributed by atoms with E-state index in [4.69, 9.17) is 0 Å². The van der Waals surface area contributed by atoms with Gasteiger partial charge in [0.05, 0.1) is 11.4 Å². The van der Waals surface area contributed by atoms with E-state index in [1.807, 2.05) is 97.0 Å². The van der Waals surface area contributed by atoms with E-state index in [0.717, 1.165) is 5.56 Å². The average Bonchev–Trinajstić information content (AvgIpc) is 2.82. The summed E-state index contributed by atoms with van der Waals surface area (Å²) in [7, 11) is 0. The number of carbonyl (C=O) groups excluding carboxylic acids is 2. The fourth-order valence-electron chi connectivity index (χ4n) is 2.64. The number of pyridine rings is 1. The van der Waals surface area contributed by atoms with Crippen LogP contribution in [0.5, 0.6) is 0 Å². The van der Waals surface area contributed by atoms with Gasteiger partial charge in [0.2, 0.25) is 5.91 Å². The summed E-state index contributed by atoms with van der Waals surface area (Å²) in [4.78, 5) is 30.2. The zero-order valence-electron chi connectivity index (χ0n) is 19.7. The Hall–Kier alpha value is -3.27. The van der Waals surface area contributed by atoms with Crippen LogP contribution in [0.3, 0.4) is 0 Å². The summed E-state index contributed by atoms with van der Waals surface area (Å²) in [6.07, 6.45) is 1.60. The van der Waals surface area contributed by atoms with Crippen molar-refractivity contribution in [2.45, 2.75) is 48.5 Å². The van der Waals surface area contributed by atoms with Crippen molar-refractivity contribution >= 4 is 17.4 Å². The molecule has 0 bridgehead atoms. The summed E-state index contributed by atoms with van der Waals surface area (Å²) in [5, 5.41) is 2.95. The number of benzene rings is 2. The van der Waals surface area contributed by atoms with Crippen molar-refractivity contribution in [2.75, 3.05) is 5.32 Å². The number of anilines is 1. The number of nitrogens with one attached hydrogen (secondary N) is 1. The molecule has 0 saturated carbocycles. The topological polar surface area (TPSA) is 59.1 Å². The first kappa shape index (κ1) is 25.8. The fourth-order valence-corrected chi connectivity index (χ4v) is 2.64. The molecule has 1 heterocycles. The van der Waals surface area contributed by atoms with Crippen LogP contribution in [0.1, 0.15) is 64.4 Å². The summed E-state index contributed by atoms with van der Waals surface area (Å²) in [5.74, 6) is -0.325. The van der Waals surface area contributed by atoms with Crippen molar-refractivity contribution in [3.63, 3.8) is 0 Å². The molecule has 0 saturated heterocycles. The second kappa shape index (κ2) is 12.4. The second-order valence-corrected chi connectivity index (χ2v) is 7.35. The van der Waals surface area contributed by atoms with Crippen molar-refractivity contribution in [1.82, 2.24) is 4.98 Å². The van der Waals surface area contributed by atoms with Gasteiger partial charge in [-0.05, 0) is 6.07 Å². The Morgan fingerprint density at radius 2 is 1.29 bits per heavy atom. The molecular weight excluding hydrogens is 384 g/mol. The highest BCUT2D eigenvalue weighted by molar-refractivity contribution is 6.15. The van der Waals surface area contributed by atoms with E-state index in [2.05, 4.69) is 10.3 Å². The Morgan fingerprint density at radius 3 is 1.81 bits per heavy atom. The summed E-state index contributed by atoms with van der Waals surface area (Å²) in [5.41, 5.74) is 2.25. The van der Waals surface area contributed by atoms with Gasteiger partial charge in [-0.1, -0.05) is 109 Å². The molecular formula is C27H34N2O2. The van der Waals surface area contributed by atoms with Crippen LogP contribution in [0.4, 0.5) is 5.69 Å². The van der Waals surface area contributed by atoms with Crippen LogP contribution in [-0.2, 0) is 4.79 Å². The molecule has 1 amide bonds. The highest BCUT2D eigenvalue weighted by atomic mass is 16.2. The lowest BCUT2D eigenvalue weighted by molar-refractivity contribution is -0.123. The molecule has 0 fully saturated rings. The molecule has 0 aliphatic rings. The average molecular weight is 419 g/mol. The standard InChI is InChI=1S/C23H22N2O2.2C2H6/c1-23(2,3)22(27)25-20-18(21(26)17-12-8-5-9-13-17)14-15-24-19(20)16-10-6-4-7-11-16;2*1-2/h4-15H,1-3H3,(H,25,27);2*1-2H3. The minimum atomic E-state index is -0.600. The molecule has 1 aromatic heterocycles. The van der Waals surface area contributed by atoms with Crippen molar-refractivity contribution in [2.24, 2.45) is 5.41 Å². The maximum absolute atomic E-state index is 13.1. The van der Waals surface area contributed by atoms with Crippen LogP contribution in [0, 0.1) is 5.41 Å². The van der Waals surface area contributed by atoms with Crippen molar-refractivity contribution in [3.05, 3.63) is 84.1 Å². The first-order valence-corrected chi connectivity index (χ1v) is 10.8. The van der Waals surface area contributed by atoms with Gasteiger partial charge in [-0.25, -0.2) is 0 Å². The molecule has 0 aliphatic heterocycles. The summed E-state index contributed by atoms with van der Waals surface area (Å²) >= 11 is 0. The van der Waals surface area contributed by atoms with Gasteiger partial charge in [0.25, 0.3) is 0 Å². The van der Waals surface area contributed by atoms with Gasteiger partial charge in [0.1, 0.15) is 0 Å². The van der Waals surface area contributed by atoms with E-state index in [1.54, 1.807) is 24.4 Å². The molecule has 4 nitrogen and oxygen atoms in total. The minimum Gasteiger partial charge on any atom is -0.323 e. The predicted molar refractivity (Wildman–Crippen MR) is 130 cm³/mol. The molecule has 1 N–H and O–H groups in total. The first-order valence-electron chi connectivity index (χ1n) is 10.8. The molecule has 0 aliphatic carbocycles. The summed E-state index contributed by atoms with van der Waals surface area (Å²) in [6, 6.07) is 20.2. The van der Waals surface area contributed by atoms with E-state index in [-0.39, 0.29) is 11.7 Å². The lowest BCUT2D eigenvalue weighted by Gasteiger charge is -2.21. The maximum atomic E-state index is 13.1. The molecule has 0 radical (unpaired) electrons. The number of nitrogens with zero attached hydrogens (tertiary/aromatic N) is 1. The SMILES string of the molecule is CC.CC.CC(C)(C)C(=O)Nc1c(C(=O)c2ccccc2)ccnc1-c1ccccc1. The number of amides is 1. The molecule has 31 heavy (non-hydrogen) atoms. The molecule has 3 rings (SSSR count). The first-order chi connectivity index (χ1) is 14.9. The molecule has 2 aromatic carbocycles. The third-order valence-electron chi connectivity index (χ3n) is 4.20. The zero-order valence-corrected chi connectivity index (χ0v) is 19.7. The van der Waals surface area contributed by atoms with Gasteiger partial charge in [-0.2, -0.15) is 0 Å². The second-order valence-electron chi connectivity index (χ2n) is 7.35. The van der Waals surface area contributed by atoms with Crippen molar-refractivity contribution < 1.29 is 9.59 Å². The normalized spacial score (nSPS) is 10.0. The largest absolute Gasteiger partial charge is 0.323 e. The quantitative estimate of drug-likeness (QED) is 0.463. The van der Waals surface area contributed by atoms with E-state index in [0.29, 0.717) is 22.5 Å². The van der Waals surface area contributed by atoms with Crippen LogP contribution in [-0.4, -0.2) is 16.7 Å². The van der Waals surface area contributed by atoms with E-state index >= 15 is 0 Å². The van der Waals surface area contributed by atoms with Gasteiger partial charge in [0, 0.05) is 28.3 Å². The van der Waals surface area contributed by atoms with Crippen LogP contribution >= 0.6 is 0 Å². The highest BCUT2D eigenvalue weighted by Crippen LogP contribution is 2.31. The molecule has 4 heteroatoms. The van der Waals surface area contributed by atoms with Gasteiger partial charge in [-0.3, -0.25) is 14.6 Å². The third kappa shape index (κ3) is 6.88. The molecule has 0 atom stereocenters. The lowest BCUT2D eigenvalue weighted by Crippen LogP contribution is -2.29. The smallest absolute Gasteiger partial charge is 0.229 e. The van der Waals surface area contributed by atoms with E-state index in [1.165, 1.54) is 0 Å². The maximum Gasteiger partial charge on any atom is 0.229 e. The Balaban J connectivity index is 0.00000113. The van der Waals surface area contributed by atoms with Crippen LogP contribution in [0.2, 0.25) is 0 Å². The van der Waals surface area contributed by atoms with Crippen LogP contribution in [0.25, 0.3) is 11.3 Å². The minimum absolute atomic E-state index is 0.153. The summed E-state index contributed by atoms with van der Waals surface area (Å²) < 4.78 is 0. The Bertz CT molecular complexity index is 960. The van der Waals surface area contributed by atoms with Gasteiger partial charge in [-0.15, -0.1) is 0 Å². The van der Waals surface area contributed by atoms with E-state index in [9.17, 15) is 9.59 Å². The fraction of sp³-hybridized carbons (Fsp3) is 0.296.